The molecule has 22 heteroatoms. The van der Waals surface area contributed by atoms with Gasteiger partial charge in [-0.15, -0.1) is 0 Å². The van der Waals surface area contributed by atoms with Crippen molar-refractivity contribution in [2.45, 2.75) is 43.5 Å². The number of halogens is 18. The largest absolute Gasteiger partial charge is 0.481 e. The molecule has 0 spiro atoms. The van der Waals surface area contributed by atoms with Crippen LogP contribution >= 0.6 is 0 Å². The van der Waals surface area contributed by atoms with Crippen molar-refractivity contribution in [3.63, 3.8) is 0 Å². The molecule has 0 aliphatic carbocycles. The zero-order valence-electron chi connectivity index (χ0n) is 15.2. The molecule has 0 saturated carbocycles. The summed E-state index contributed by atoms with van der Waals surface area (Å²) in [5.74, 6) is -7.45. The zero-order chi connectivity index (χ0) is 29.0. The van der Waals surface area contributed by atoms with E-state index in [0.29, 0.717) is 0 Å². The molecule has 2 N–H and O–H groups in total. The number of aliphatic carboxylic acids is 2. The van der Waals surface area contributed by atoms with E-state index in [2.05, 4.69) is 0 Å². The molecular weight excluding hydrogens is 562 g/mol. The Morgan fingerprint density at radius 2 is 0.657 bits per heavy atom. The van der Waals surface area contributed by atoms with E-state index in [1.807, 2.05) is 0 Å². The summed E-state index contributed by atoms with van der Waals surface area (Å²) in [6.45, 7) is 0. The van der Waals surface area contributed by atoms with E-state index in [9.17, 15) is 88.6 Å². The lowest BCUT2D eigenvalue weighted by molar-refractivity contribution is -0.451. The smallest absolute Gasteiger partial charge is 0.415 e. The van der Waals surface area contributed by atoms with Crippen LogP contribution in [0.4, 0.5) is 79.0 Å². The summed E-state index contributed by atoms with van der Waals surface area (Å²) in [5, 5.41) is 16.9. The van der Waals surface area contributed by atoms with Gasteiger partial charge in [0.2, 0.25) is 0 Å². The Labute approximate surface area is 177 Å². The van der Waals surface area contributed by atoms with Crippen LogP contribution in [-0.2, 0) is 9.59 Å². The molecule has 0 heterocycles. The Morgan fingerprint density at radius 3 is 0.771 bits per heavy atom. The van der Waals surface area contributed by atoms with Gasteiger partial charge in [-0.2, -0.15) is 79.0 Å². The van der Waals surface area contributed by atoms with Crippen molar-refractivity contribution in [3.05, 3.63) is 11.1 Å². The topological polar surface area (TPSA) is 74.6 Å². The first-order valence-corrected chi connectivity index (χ1v) is 7.46. The van der Waals surface area contributed by atoms with E-state index < -0.39 is 77.4 Å². The van der Waals surface area contributed by atoms with Gasteiger partial charge in [0.05, 0.1) is 12.0 Å². The highest BCUT2D eigenvalue weighted by Gasteiger charge is 2.96. The summed E-state index contributed by atoms with van der Waals surface area (Å²) in [7, 11) is 0. The number of carboxylic acid groups (broad SMARTS) is 2. The van der Waals surface area contributed by atoms with Crippen molar-refractivity contribution in [1.29, 1.82) is 0 Å². The Balaban J connectivity index is 9.34. The zero-order valence-corrected chi connectivity index (χ0v) is 15.2. The minimum Gasteiger partial charge on any atom is -0.481 e. The van der Waals surface area contributed by atoms with Gasteiger partial charge < -0.3 is 10.2 Å². The van der Waals surface area contributed by atoms with Gasteiger partial charge in [-0.25, -0.2) is 4.79 Å². The third kappa shape index (κ3) is 4.78. The van der Waals surface area contributed by atoms with Gasteiger partial charge in [-0.1, -0.05) is 0 Å². The highest BCUT2D eigenvalue weighted by Crippen LogP contribution is 2.74. The van der Waals surface area contributed by atoms with Crippen LogP contribution in [0.15, 0.2) is 11.1 Å². The highest BCUT2D eigenvalue weighted by atomic mass is 19.4. The molecule has 206 valence electrons. The number of alkyl halides is 18. The van der Waals surface area contributed by atoms with Gasteiger partial charge in [0, 0.05) is 5.57 Å². The van der Waals surface area contributed by atoms with Crippen molar-refractivity contribution in [3.8, 4) is 0 Å². The van der Waals surface area contributed by atoms with E-state index in [1.54, 1.807) is 0 Å². The van der Waals surface area contributed by atoms with Crippen molar-refractivity contribution in [2.24, 2.45) is 10.8 Å². The summed E-state index contributed by atoms with van der Waals surface area (Å²) in [5.41, 5.74) is -27.9. The molecule has 0 unspecified atom stereocenters. The van der Waals surface area contributed by atoms with Gasteiger partial charge in [-0.3, -0.25) is 4.79 Å². The van der Waals surface area contributed by atoms with Crippen LogP contribution in [0.25, 0.3) is 0 Å². The molecule has 0 aliphatic heterocycles. The molecule has 4 nitrogen and oxygen atoms in total. The maximum absolute atomic E-state index is 13.4. The standard InChI is InChI=1S/C13H4F18O4/c14-8(15,16)6(9(17,18)19,10(20,21)22)4(2(5(34)35)1-3(32)33)7(11(23,24)25,12(26,27)28)13(29,30)31/h1H2,(H,32,33)(H,34,35). The summed E-state index contributed by atoms with van der Waals surface area (Å²) in [6, 6.07) is 0. The fourth-order valence-corrected chi connectivity index (χ4v) is 2.97. The van der Waals surface area contributed by atoms with Gasteiger partial charge >= 0.3 is 49.0 Å². The molecule has 0 aromatic rings. The number of carbonyl (C=O) groups is 2. The fourth-order valence-electron chi connectivity index (χ4n) is 2.97. The third-order valence-electron chi connectivity index (χ3n) is 4.19. The number of carboxylic acids is 2. The lowest BCUT2D eigenvalue weighted by Crippen LogP contribution is -2.71. The monoisotopic (exact) mass is 566 g/mol. The van der Waals surface area contributed by atoms with E-state index in [4.69, 9.17) is 10.2 Å². The van der Waals surface area contributed by atoms with Crippen molar-refractivity contribution >= 4 is 11.9 Å². The molecule has 35 heavy (non-hydrogen) atoms. The first-order chi connectivity index (χ1) is 14.9. The highest BCUT2D eigenvalue weighted by molar-refractivity contribution is 5.93. The van der Waals surface area contributed by atoms with E-state index in [-0.39, 0.29) is 0 Å². The molecule has 0 rings (SSSR count). The Morgan fingerprint density at radius 1 is 0.457 bits per heavy atom. The summed E-state index contributed by atoms with van der Waals surface area (Å²) >= 11 is 0. The second kappa shape index (κ2) is 8.52. The molecule has 0 radical (unpaired) electrons. The maximum Gasteiger partial charge on any atom is 0.415 e. The average molecular weight is 566 g/mol. The third-order valence-corrected chi connectivity index (χ3v) is 4.19. The second-order valence-electron chi connectivity index (χ2n) is 6.22. The predicted octanol–water partition coefficient (Wildman–Crippen LogP) is 6.19. The van der Waals surface area contributed by atoms with Crippen LogP contribution in [0.2, 0.25) is 0 Å². The first kappa shape index (κ1) is 32.4. The van der Waals surface area contributed by atoms with Gasteiger partial charge in [0.15, 0.2) is 0 Å². The quantitative estimate of drug-likeness (QED) is 0.308. The Bertz CT molecular complexity index is 736. The number of rotatable bonds is 5. The lowest BCUT2D eigenvalue weighted by Gasteiger charge is -2.49. The first-order valence-electron chi connectivity index (χ1n) is 7.46. The van der Waals surface area contributed by atoms with E-state index in [1.165, 1.54) is 0 Å². The van der Waals surface area contributed by atoms with E-state index >= 15 is 0 Å². The number of hydrogen-bond donors (Lipinski definition) is 2. The van der Waals surface area contributed by atoms with Crippen LogP contribution in [0, 0.1) is 10.8 Å². The molecule has 0 saturated heterocycles. The van der Waals surface area contributed by atoms with Crippen LogP contribution in [0.1, 0.15) is 6.42 Å². The van der Waals surface area contributed by atoms with Crippen molar-refractivity contribution in [1.82, 2.24) is 0 Å². The summed E-state index contributed by atoms with van der Waals surface area (Å²) in [6.07, 6.45) is -55.4. The Hall–Kier alpha value is -2.58. The maximum atomic E-state index is 13.4. The number of hydrogen-bond acceptors (Lipinski definition) is 2. The van der Waals surface area contributed by atoms with E-state index in [0.717, 1.165) is 0 Å². The van der Waals surface area contributed by atoms with Crippen LogP contribution in [0.5, 0.6) is 0 Å². The summed E-state index contributed by atoms with van der Waals surface area (Å²) in [4.78, 5) is 21.6. The fraction of sp³-hybridized carbons (Fsp3) is 0.692. The van der Waals surface area contributed by atoms with Crippen molar-refractivity contribution < 1.29 is 98.8 Å². The lowest BCUT2D eigenvalue weighted by atomic mass is 9.60. The molecule has 0 amide bonds. The van der Waals surface area contributed by atoms with Gasteiger partial charge in [0.1, 0.15) is 0 Å². The molecule has 0 fully saturated rings. The molecule has 0 aromatic carbocycles. The molecular formula is C13H4F18O4. The SMILES string of the molecule is O=C(O)CC(C(=O)O)=C(C(C(F)(F)F)(C(F)(F)F)C(F)(F)F)C(C(F)(F)F)(C(F)(F)F)C(F)(F)F. The van der Waals surface area contributed by atoms with Gasteiger partial charge in [0.25, 0.3) is 10.8 Å². The van der Waals surface area contributed by atoms with Crippen molar-refractivity contribution in [2.75, 3.05) is 0 Å². The molecule has 0 atom stereocenters. The minimum absolute atomic E-state index is 3.32. The number of allylic oxidation sites excluding steroid dienone is 1. The summed E-state index contributed by atoms with van der Waals surface area (Å²) < 4.78 is 240. The molecule has 0 bridgehead atoms. The second-order valence-corrected chi connectivity index (χ2v) is 6.22. The van der Waals surface area contributed by atoms with Gasteiger partial charge in [-0.05, 0) is 0 Å². The molecule has 0 aliphatic rings. The van der Waals surface area contributed by atoms with Crippen LogP contribution in [0.3, 0.4) is 0 Å². The minimum atomic E-state index is -8.85. The normalized spacial score (nSPS) is 15.1. The predicted molar refractivity (Wildman–Crippen MR) is 68.1 cm³/mol. The average Bonchev–Trinajstić information content (AvgIpc) is 2.43. The van der Waals surface area contributed by atoms with Crippen LogP contribution < -0.4 is 0 Å². The molecule has 0 aromatic heterocycles. The van der Waals surface area contributed by atoms with Crippen LogP contribution in [-0.4, -0.2) is 59.2 Å². The Kier molecular flexibility index (Phi) is 7.89.